The highest BCUT2D eigenvalue weighted by Gasteiger charge is 2.44. The molecule has 0 radical (unpaired) electrons. The first kappa shape index (κ1) is 27.0. The van der Waals surface area contributed by atoms with E-state index in [1.54, 1.807) is 34.0 Å². The van der Waals surface area contributed by atoms with E-state index >= 15 is 0 Å². The molecule has 40 heavy (non-hydrogen) atoms. The van der Waals surface area contributed by atoms with Crippen LogP contribution in [0.1, 0.15) is 64.2 Å². The minimum atomic E-state index is -0.722. The molecule has 1 spiro atoms. The second kappa shape index (κ2) is 10.9. The number of likely N-dealkylation sites (tertiary alicyclic amines) is 1. The number of ether oxygens (including phenoxy) is 2. The Morgan fingerprint density at radius 3 is 2.52 bits per heavy atom. The average Bonchev–Trinajstić information content (AvgIpc) is 3.35. The largest absolute Gasteiger partial charge is 0.493 e. The van der Waals surface area contributed by atoms with Gasteiger partial charge in [-0.1, -0.05) is 0 Å². The molecule has 1 fully saturated rings. The zero-order valence-electron chi connectivity index (χ0n) is 22.5. The molecule has 11 heteroatoms. The van der Waals surface area contributed by atoms with E-state index in [0.717, 1.165) is 10.9 Å². The van der Waals surface area contributed by atoms with Crippen molar-refractivity contribution >= 4 is 34.4 Å². The summed E-state index contributed by atoms with van der Waals surface area (Å²) in [5.41, 5.74) is 6.18. The predicted molar refractivity (Wildman–Crippen MR) is 146 cm³/mol. The molecule has 2 aliphatic heterocycles. The minimum Gasteiger partial charge on any atom is -0.493 e. The summed E-state index contributed by atoms with van der Waals surface area (Å²) in [6, 6.07) is 10.1. The Balaban J connectivity index is 1.30. The van der Waals surface area contributed by atoms with Crippen LogP contribution >= 0.6 is 0 Å². The van der Waals surface area contributed by atoms with Crippen molar-refractivity contribution in [1.82, 2.24) is 14.9 Å². The van der Waals surface area contributed by atoms with Crippen molar-refractivity contribution in [2.45, 2.75) is 38.7 Å². The Hall–Kier alpha value is -4.54. The van der Waals surface area contributed by atoms with Gasteiger partial charge < -0.3 is 30.3 Å². The fourth-order valence-corrected chi connectivity index (χ4v) is 5.32. The van der Waals surface area contributed by atoms with Crippen molar-refractivity contribution in [3.63, 3.8) is 0 Å². The molecule has 3 heterocycles. The highest BCUT2D eigenvalue weighted by molar-refractivity contribution is 6.04. The molecule has 2 aliphatic rings. The Bertz CT molecular complexity index is 1490. The molecule has 0 bridgehead atoms. The number of primary amides is 1. The van der Waals surface area contributed by atoms with E-state index in [4.69, 9.17) is 20.0 Å². The third-order valence-electron chi connectivity index (χ3n) is 7.29. The number of ketones is 1. The van der Waals surface area contributed by atoms with Crippen LogP contribution in [0.4, 0.5) is 0 Å². The monoisotopic (exact) mass is 548 g/mol. The number of Topliss-reactive ketones (excluding diaryl/α,β-unsaturated/α-hetero) is 1. The Morgan fingerprint density at radius 1 is 1.05 bits per heavy atom. The summed E-state index contributed by atoms with van der Waals surface area (Å²) >= 11 is 0. The maximum Gasteiger partial charge on any atom is 0.254 e. The second-order valence-electron chi connectivity index (χ2n) is 9.94. The molecule has 0 unspecified atom stereocenters. The number of aromatic nitrogens is 1. The van der Waals surface area contributed by atoms with Crippen molar-refractivity contribution in [3.8, 4) is 11.5 Å². The lowest BCUT2D eigenvalue weighted by atomic mass is 9.82. The van der Waals surface area contributed by atoms with Crippen molar-refractivity contribution in [2.75, 3.05) is 32.8 Å². The first-order valence-electron chi connectivity index (χ1n) is 13.4. The predicted octanol–water partition coefficient (Wildman–Crippen LogP) is 2.34. The lowest BCUT2D eigenvalue weighted by molar-refractivity contribution is -0.117. The number of piperidine rings is 1. The van der Waals surface area contributed by atoms with E-state index in [1.165, 1.54) is 6.07 Å². The molecule has 210 valence electrons. The van der Waals surface area contributed by atoms with Crippen molar-refractivity contribution in [2.24, 2.45) is 5.73 Å². The van der Waals surface area contributed by atoms with Gasteiger partial charge in [-0.3, -0.25) is 19.2 Å². The molecular weight excluding hydrogens is 516 g/mol. The van der Waals surface area contributed by atoms with Gasteiger partial charge in [-0.15, -0.1) is 0 Å². The van der Waals surface area contributed by atoms with Gasteiger partial charge in [0.15, 0.2) is 5.78 Å². The van der Waals surface area contributed by atoms with Crippen LogP contribution in [0.2, 0.25) is 0 Å². The number of carbonyl (C=O) groups excluding carboxylic acids is 4. The highest BCUT2D eigenvalue weighted by Crippen LogP contribution is 2.40. The maximum atomic E-state index is 13.6. The lowest BCUT2D eigenvalue weighted by Crippen LogP contribution is -2.52. The number of hydrogen-bond donors (Lipinski definition) is 2. The number of nitrogens with one attached hydrogen (secondary N) is 1. The smallest absolute Gasteiger partial charge is 0.254 e. The number of benzene rings is 2. The Kier molecular flexibility index (Phi) is 7.38. The molecule has 1 aromatic heterocycles. The molecule has 11 nitrogen and oxygen atoms in total. The van der Waals surface area contributed by atoms with Gasteiger partial charge in [-0.2, -0.15) is 4.73 Å². The SMILES string of the molecule is CCOc1cc(C(=O)N2CCC3(CC2)CC(=O)c2cc(C(=O)NCC(N)=O)ccc2O3)cc2c1ccn2OCC. The molecule has 1 saturated heterocycles. The number of nitrogens with two attached hydrogens (primary N) is 1. The van der Waals surface area contributed by atoms with Crippen molar-refractivity contribution < 1.29 is 33.5 Å². The van der Waals surface area contributed by atoms with Crippen LogP contribution in [0.3, 0.4) is 0 Å². The van der Waals surface area contributed by atoms with Gasteiger partial charge in [0.1, 0.15) is 23.7 Å². The normalized spacial score (nSPS) is 15.8. The number of amides is 3. The standard InChI is InChI=1S/C29H32N4O7/c1-3-38-25-15-19(14-22-20(25)7-10-33(22)39-4-2)28(37)32-11-8-29(9-12-32)16-23(34)21-13-18(5-6-24(21)40-29)27(36)31-17-26(30)35/h5-7,10,13-15H,3-4,8-9,11-12,16-17H2,1-2H3,(H2,30,35)(H,31,36). The first-order chi connectivity index (χ1) is 19.2. The zero-order chi connectivity index (χ0) is 28.4. The number of nitrogens with zero attached hydrogens (tertiary/aromatic N) is 2. The third-order valence-corrected chi connectivity index (χ3v) is 7.29. The van der Waals surface area contributed by atoms with Crippen LogP contribution in [-0.4, -0.2) is 71.6 Å². The van der Waals surface area contributed by atoms with Crippen LogP contribution < -0.4 is 25.4 Å². The minimum absolute atomic E-state index is 0.129. The summed E-state index contributed by atoms with van der Waals surface area (Å²) in [6.07, 6.45) is 2.93. The summed E-state index contributed by atoms with van der Waals surface area (Å²) in [7, 11) is 0. The van der Waals surface area contributed by atoms with E-state index in [1.807, 2.05) is 26.0 Å². The van der Waals surface area contributed by atoms with E-state index in [0.29, 0.717) is 61.8 Å². The lowest BCUT2D eigenvalue weighted by Gasteiger charge is -2.44. The molecule has 0 aliphatic carbocycles. The summed E-state index contributed by atoms with van der Waals surface area (Å²) in [4.78, 5) is 57.4. The fraction of sp³-hybridized carbons (Fsp3) is 0.379. The van der Waals surface area contributed by atoms with Gasteiger partial charge in [-0.05, 0) is 50.2 Å². The maximum absolute atomic E-state index is 13.6. The summed E-state index contributed by atoms with van der Waals surface area (Å²) < 4.78 is 13.8. The summed E-state index contributed by atoms with van der Waals surface area (Å²) in [5, 5.41) is 3.28. The van der Waals surface area contributed by atoms with Gasteiger partial charge in [-0.25, -0.2) is 0 Å². The van der Waals surface area contributed by atoms with Gasteiger partial charge in [0.2, 0.25) is 5.91 Å². The summed E-state index contributed by atoms with van der Waals surface area (Å²) in [6.45, 7) is 5.28. The molecule has 3 N–H and O–H groups in total. The number of rotatable bonds is 8. The van der Waals surface area contributed by atoms with Crippen LogP contribution in [0.5, 0.6) is 11.5 Å². The average molecular weight is 549 g/mol. The Morgan fingerprint density at radius 2 is 1.82 bits per heavy atom. The molecule has 2 aromatic carbocycles. The van der Waals surface area contributed by atoms with Gasteiger partial charge in [0, 0.05) is 48.6 Å². The second-order valence-corrected chi connectivity index (χ2v) is 9.94. The quantitative estimate of drug-likeness (QED) is 0.440. The molecule has 3 aromatic rings. The third kappa shape index (κ3) is 5.18. The van der Waals surface area contributed by atoms with E-state index in [9.17, 15) is 19.2 Å². The van der Waals surface area contributed by atoms with Gasteiger partial charge >= 0.3 is 0 Å². The van der Waals surface area contributed by atoms with E-state index in [2.05, 4.69) is 5.32 Å². The highest BCUT2D eigenvalue weighted by atomic mass is 16.7. The molecular formula is C29H32N4O7. The number of fused-ring (bicyclic) bond motifs is 2. The van der Waals surface area contributed by atoms with E-state index < -0.39 is 17.4 Å². The van der Waals surface area contributed by atoms with Crippen LogP contribution in [0.25, 0.3) is 10.9 Å². The molecule has 0 atom stereocenters. The van der Waals surface area contributed by atoms with Gasteiger partial charge in [0.05, 0.1) is 30.7 Å². The topological polar surface area (TPSA) is 142 Å². The molecule has 5 rings (SSSR count). The summed E-state index contributed by atoms with van der Waals surface area (Å²) in [5.74, 6) is -0.388. The van der Waals surface area contributed by atoms with Crippen LogP contribution in [-0.2, 0) is 4.79 Å². The number of carbonyl (C=O) groups is 4. The number of hydrogen-bond acceptors (Lipinski definition) is 7. The van der Waals surface area contributed by atoms with Crippen LogP contribution in [0, 0.1) is 0 Å². The van der Waals surface area contributed by atoms with Crippen LogP contribution in [0.15, 0.2) is 42.6 Å². The zero-order valence-corrected chi connectivity index (χ0v) is 22.5. The first-order valence-corrected chi connectivity index (χ1v) is 13.4. The van der Waals surface area contributed by atoms with Gasteiger partial charge in [0.25, 0.3) is 11.8 Å². The van der Waals surface area contributed by atoms with Crippen molar-refractivity contribution in [1.29, 1.82) is 0 Å². The fourth-order valence-electron chi connectivity index (χ4n) is 5.32. The van der Waals surface area contributed by atoms with Crippen molar-refractivity contribution in [3.05, 3.63) is 59.3 Å². The Labute approximate surface area is 231 Å². The molecule has 3 amide bonds. The molecule has 0 saturated carbocycles. The van der Waals surface area contributed by atoms with E-state index in [-0.39, 0.29) is 30.2 Å².